The molecular weight excluding hydrogens is 327 g/mol. The van der Waals surface area contributed by atoms with Gasteiger partial charge in [-0.25, -0.2) is 0 Å². The lowest BCUT2D eigenvalue weighted by molar-refractivity contribution is 0.257. The third kappa shape index (κ3) is 3.11. The van der Waals surface area contributed by atoms with Gasteiger partial charge in [-0.2, -0.15) is 0 Å². The molecule has 0 bridgehead atoms. The summed E-state index contributed by atoms with van der Waals surface area (Å²) in [7, 11) is -3.24. The standard InChI is InChI=1S/C19H16ClO2P/c20-16-13-11-15(12-14-16)19(21)23(22,17-7-3-1-4-8-17)18-9-5-2-6-10-18/h1-14,19,21H. The van der Waals surface area contributed by atoms with Crippen molar-refractivity contribution in [1.29, 1.82) is 0 Å². The predicted octanol–water partition coefficient (Wildman–Crippen LogP) is 4.35. The van der Waals surface area contributed by atoms with Gasteiger partial charge in [0.05, 0.1) is 0 Å². The topological polar surface area (TPSA) is 37.3 Å². The molecule has 1 unspecified atom stereocenters. The maximum absolute atomic E-state index is 13.9. The Balaban J connectivity index is 2.16. The van der Waals surface area contributed by atoms with Crippen LogP contribution in [0.15, 0.2) is 84.9 Å². The number of aliphatic hydroxyl groups excluding tert-OH is 1. The molecule has 3 rings (SSSR count). The second-order valence-electron chi connectivity index (χ2n) is 5.25. The Labute approximate surface area is 140 Å². The molecule has 0 saturated carbocycles. The van der Waals surface area contributed by atoms with E-state index in [9.17, 15) is 9.67 Å². The largest absolute Gasteiger partial charge is 0.380 e. The van der Waals surface area contributed by atoms with Gasteiger partial charge in [0.1, 0.15) is 5.85 Å². The van der Waals surface area contributed by atoms with Crippen LogP contribution in [-0.4, -0.2) is 5.11 Å². The van der Waals surface area contributed by atoms with Gasteiger partial charge >= 0.3 is 0 Å². The monoisotopic (exact) mass is 342 g/mol. The minimum absolute atomic E-state index is 0.579. The summed E-state index contributed by atoms with van der Waals surface area (Å²) >= 11 is 5.91. The predicted molar refractivity (Wildman–Crippen MR) is 96.2 cm³/mol. The third-order valence-electron chi connectivity index (χ3n) is 3.79. The van der Waals surface area contributed by atoms with E-state index in [0.717, 1.165) is 0 Å². The average Bonchev–Trinajstić information content (AvgIpc) is 2.62. The Kier molecular flexibility index (Phi) is 4.68. The second-order valence-corrected chi connectivity index (χ2v) is 8.53. The number of hydrogen-bond donors (Lipinski definition) is 1. The molecule has 0 radical (unpaired) electrons. The molecule has 3 aromatic carbocycles. The molecule has 0 aromatic heterocycles. The smallest absolute Gasteiger partial charge is 0.174 e. The molecule has 116 valence electrons. The van der Waals surface area contributed by atoms with Crippen molar-refractivity contribution in [3.63, 3.8) is 0 Å². The molecule has 0 aliphatic heterocycles. The van der Waals surface area contributed by atoms with Crippen molar-refractivity contribution in [2.45, 2.75) is 5.85 Å². The summed E-state index contributed by atoms with van der Waals surface area (Å²) in [6.07, 6.45) is 0. The van der Waals surface area contributed by atoms with E-state index < -0.39 is 13.0 Å². The van der Waals surface area contributed by atoms with Gasteiger partial charge in [0.2, 0.25) is 0 Å². The number of halogens is 1. The molecular formula is C19H16ClO2P. The van der Waals surface area contributed by atoms with Gasteiger partial charge in [-0.3, -0.25) is 0 Å². The van der Waals surface area contributed by atoms with Gasteiger partial charge in [0.25, 0.3) is 0 Å². The molecule has 4 heteroatoms. The van der Waals surface area contributed by atoms with Crippen LogP contribution in [0.5, 0.6) is 0 Å². The molecule has 0 amide bonds. The molecule has 0 spiro atoms. The summed E-state index contributed by atoms with van der Waals surface area (Å²) in [4.78, 5) is 0. The first kappa shape index (κ1) is 16.0. The molecule has 0 aliphatic rings. The maximum atomic E-state index is 13.9. The van der Waals surface area contributed by atoms with Gasteiger partial charge in [-0.15, -0.1) is 0 Å². The Morgan fingerprint density at radius 1 is 0.739 bits per heavy atom. The highest BCUT2D eigenvalue weighted by atomic mass is 35.5. The number of hydrogen-bond acceptors (Lipinski definition) is 2. The van der Waals surface area contributed by atoms with E-state index in [1.807, 2.05) is 36.4 Å². The lowest BCUT2D eigenvalue weighted by Crippen LogP contribution is -2.21. The van der Waals surface area contributed by atoms with E-state index in [-0.39, 0.29) is 0 Å². The van der Waals surface area contributed by atoms with Crippen LogP contribution in [0.1, 0.15) is 11.4 Å². The van der Waals surface area contributed by atoms with Gasteiger partial charge < -0.3 is 9.67 Å². The highest BCUT2D eigenvalue weighted by Crippen LogP contribution is 2.55. The molecule has 23 heavy (non-hydrogen) atoms. The van der Waals surface area contributed by atoms with Crippen LogP contribution in [0, 0.1) is 0 Å². The van der Waals surface area contributed by atoms with Crippen LogP contribution in [0.2, 0.25) is 5.02 Å². The molecule has 2 nitrogen and oxygen atoms in total. The fourth-order valence-electron chi connectivity index (χ4n) is 2.58. The fourth-order valence-corrected chi connectivity index (χ4v) is 5.39. The zero-order valence-corrected chi connectivity index (χ0v) is 14.0. The highest BCUT2D eigenvalue weighted by Gasteiger charge is 2.36. The fraction of sp³-hybridized carbons (Fsp3) is 0.0526. The molecule has 0 aliphatic carbocycles. The van der Waals surface area contributed by atoms with Crippen molar-refractivity contribution in [2.24, 2.45) is 0 Å². The van der Waals surface area contributed by atoms with E-state index in [2.05, 4.69) is 0 Å². The minimum atomic E-state index is -3.24. The van der Waals surface area contributed by atoms with Crippen LogP contribution >= 0.6 is 18.7 Å². The van der Waals surface area contributed by atoms with Crippen LogP contribution in [-0.2, 0) is 4.57 Å². The van der Waals surface area contributed by atoms with E-state index >= 15 is 0 Å². The lowest BCUT2D eigenvalue weighted by atomic mass is 10.2. The first-order chi connectivity index (χ1) is 11.1. The van der Waals surface area contributed by atoms with Crippen molar-refractivity contribution < 1.29 is 9.67 Å². The third-order valence-corrected chi connectivity index (χ3v) is 7.16. The van der Waals surface area contributed by atoms with Gasteiger partial charge in [-0.05, 0) is 17.7 Å². The van der Waals surface area contributed by atoms with Gasteiger partial charge in [0.15, 0.2) is 7.14 Å². The quantitative estimate of drug-likeness (QED) is 0.716. The van der Waals surface area contributed by atoms with Crippen molar-refractivity contribution in [2.75, 3.05) is 0 Å². The SMILES string of the molecule is O=P(c1ccccc1)(c1ccccc1)C(O)c1ccc(Cl)cc1. The van der Waals surface area contributed by atoms with Crippen molar-refractivity contribution in [3.05, 3.63) is 95.5 Å². The molecule has 0 heterocycles. The Morgan fingerprint density at radius 2 is 1.17 bits per heavy atom. The molecule has 1 atom stereocenters. The lowest BCUT2D eigenvalue weighted by Gasteiger charge is -2.25. The molecule has 0 fully saturated rings. The van der Waals surface area contributed by atoms with Crippen molar-refractivity contribution >= 4 is 29.4 Å². The van der Waals surface area contributed by atoms with E-state index in [4.69, 9.17) is 11.6 Å². The summed E-state index contributed by atoms with van der Waals surface area (Å²) in [6, 6.07) is 25.1. The zero-order valence-electron chi connectivity index (χ0n) is 12.3. The van der Waals surface area contributed by atoms with E-state index in [1.54, 1.807) is 48.5 Å². The highest BCUT2D eigenvalue weighted by molar-refractivity contribution is 7.78. The minimum Gasteiger partial charge on any atom is -0.380 e. The van der Waals surface area contributed by atoms with Crippen molar-refractivity contribution in [3.8, 4) is 0 Å². The van der Waals surface area contributed by atoms with Gasteiger partial charge in [0, 0.05) is 15.6 Å². The summed E-state index contributed by atoms with van der Waals surface area (Å²) in [6.45, 7) is 0. The van der Waals surface area contributed by atoms with E-state index in [0.29, 0.717) is 21.2 Å². The number of aliphatic hydroxyl groups is 1. The first-order valence-electron chi connectivity index (χ1n) is 7.27. The Bertz CT molecular complexity index is 774. The second kappa shape index (κ2) is 6.72. The summed E-state index contributed by atoms with van der Waals surface area (Å²) in [5.41, 5.74) is 0.588. The molecule has 3 aromatic rings. The summed E-state index contributed by atoms with van der Waals surface area (Å²) in [5, 5.41) is 12.8. The Hall–Kier alpha value is -1.86. The maximum Gasteiger partial charge on any atom is 0.174 e. The zero-order chi connectivity index (χ0) is 16.3. The first-order valence-corrected chi connectivity index (χ1v) is 9.42. The number of rotatable bonds is 4. The van der Waals surface area contributed by atoms with Crippen LogP contribution in [0.25, 0.3) is 0 Å². The van der Waals surface area contributed by atoms with Crippen LogP contribution < -0.4 is 10.6 Å². The normalized spacial score (nSPS) is 12.8. The van der Waals surface area contributed by atoms with Crippen molar-refractivity contribution in [1.82, 2.24) is 0 Å². The van der Waals surface area contributed by atoms with Gasteiger partial charge in [-0.1, -0.05) is 84.4 Å². The number of benzene rings is 3. The van der Waals surface area contributed by atoms with E-state index in [1.165, 1.54) is 0 Å². The van der Waals surface area contributed by atoms with Crippen LogP contribution in [0.4, 0.5) is 0 Å². The summed E-state index contributed by atoms with van der Waals surface area (Å²) in [5.74, 6) is -1.12. The average molecular weight is 343 g/mol. The summed E-state index contributed by atoms with van der Waals surface area (Å²) < 4.78 is 13.9. The van der Waals surface area contributed by atoms with Crippen LogP contribution in [0.3, 0.4) is 0 Å². The molecule has 0 saturated heterocycles. The molecule has 1 N–H and O–H groups in total. The Morgan fingerprint density at radius 3 is 1.61 bits per heavy atom.